The Morgan fingerprint density at radius 2 is 2.04 bits per heavy atom. The normalized spacial score (nSPS) is 15.9. The van der Waals surface area contributed by atoms with Crippen LogP contribution in [0.1, 0.15) is 47.8 Å². The molecular formula is C22H27BrN2O2. The maximum Gasteiger partial charge on any atom is 0.255 e. The van der Waals surface area contributed by atoms with Crippen LogP contribution in [0.25, 0.3) is 0 Å². The molecule has 0 aliphatic carbocycles. The first kappa shape index (κ1) is 19.9. The van der Waals surface area contributed by atoms with E-state index >= 15 is 0 Å². The molecule has 4 nitrogen and oxygen atoms in total. The number of carbonyl (C=O) groups is 1. The summed E-state index contributed by atoms with van der Waals surface area (Å²) in [5, 5.41) is 3.12. The molecule has 0 unspecified atom stereocenters. The fourth-order valence-corrected chi connectivity index (χ4v) is 4.66. The van der Waals surface area contributed by atoms with E-state index in [9.17, 15) is 4.79 Å². The third kappa shape index (κ3) is 3.90. The smallest absolute Gasteiger partial charge is 0.255 e. The van der Waals surface area contributed by atoms with Crippen LogP contribution < -0.4 is 10.1 Å². The van der Waals surface area contributed by atoms with Gasteiger partial charge in [0.2, 0.25) is 0 Å². The van der Waals surface area contributed by atoms with Gasteiger partial charge >= 0.3 is 0 Å². The predicted octanol–water partition coefficient (Wildman–Crippen LogP) is 5.00. The summed E-state index contributed by atoms with van der Waals surface area (Å²) in [7, 11) is 3.77. The summed E-state index contributed by atoms with van der Waals surface area (Å²) in [6.45, 7) is 8.67. The quantitative estimate of drug-likeness (QED) is 0.741. The fraction of sp³-hybridized carbons (Fsp3) is 0.409. The maximum atomic E-state index is 12.8. The third-order valence-corrected chi connectivity index (χ3v) is 5.89. The Morgan fingerprint density at radius 3 is 2.67 bits per heavy atom. The lowest BCUT2D eigenvalue weighted by Crippen LogP contribution is -2.40. The Hall–Kier alpha value is -1.85. The Kier molecular flexibility index (Phi) is 5.63. The van der Waals surface area contributed by atoms with Crippen LogP contribution in [-0.4, -0.2) is 31.5 Å². The van der Waals surface area contributed by atoms with Gasteiger partial charge < -0.3 is 15.0 Å². The van der Waals surface area contributed by atoms with Gasteiger partial charge in [0.15, 0.2) is 0 Å². The number of ether oxygens (including phenoxy) is 1. The molecule has 0 fully saturated rings. The van der Waals surface area contributed by atoms with Crippen molar-refractivity contribution in [3.8, 4) is 5.75 Å². The molecule has 3 rings (SSSR count). The number of halogens is 1. The van der Waals surface area contributed by atoms with E-state index in [1.807, 2.05) is 0 Å². The van der Waals surface area contributed by atoms with Crippen LogP contribution in [0, 0.1) is 0 Å². The van der Waals surface area contributed by atoms with E-state index in [-0.39, 0.29) is 11.3 Å². The molecule has 2 aromatic rings. The zero-order valence-electron chi connectivity index (χ0n) is 16.6. The molecule has 1 aliphatic rings. The van der Waals surface area contributed by atoms with Gasteiger partial charge in [-0.2, -0.15) is 0 Å². The number of nitrogens with one attached hydrogen (secondary N) is 1. The number of benzene rings is 2. The number of hydrogen-bond acceptors (Lipinski definition) is 3. The molecule has 0 saturated heterocycles. The summed E-state index contributed by atoms with van der Waals surface area (Å²) in [6.07, 6.45) is 0.884. The van der Waals surface area contributed by atoms with Gasteiger partial charge in [0.05, 0.1) is 11.6 Å². The van der Waals surface area contributed by atoms with Gasteiger partial charge in [0.1, 0.15) is 5.75 Å². The van der Waals surface area contributed by atoms with Crippen molar-refractivity contribution in [3.05, 3.63) is 57.1 Å². The molecule has 1 heterocycles. The average molecular weight is 431 g/mol. The highest BCUT2D eigenvalue weighted by Crippen LogP contribution is 2.37. The number of amides is 1. The van der Waals surface area contributed by atoms with Gasteiger partial charge in [-0.05, 0) is 70.4 Å². The summed E-state index contributed by atoms with van der Waals surface area (Å²) >= 11 is 3.45. The van der Waals surface area contributed by atoms with Gasteiger partial charge in [-0.25, -0.2) is 0 Å². The first-order chi connectivity index (χ1) is 12.8. The third-order valence-electron chi connectivity index (χ3n) is 5.27. The zero-order chi connectivity index (χ0) is 19.8. The van der Waals surface area contributed by atoms with Crippen LogP contribution in [0.2, 0.25) is 0 Å². The molecule has 144 valence electrons. The van der Waals surface area contributed by atoms with Gasteiger partial charge in [-0.3, -0.25) is 4.79 Å². The second-order valence-corrected chi connectivity index (χ2v) is 8.69. The highest BCUT2D eigenvalue weighted by molar-refractivity contribution is 9.10. The Bertz CT molecular complexity index is 877. The van der Waals surface area contributed by atoms with E-state index in [0.29, 0.717) is 11.3 Å². The van der Waals surface area contributed by atoms with E-state index in [2.05, 4.69) is 66.1 Å². The second kappa shape index (κ2) is 7.64. The highest BCUT2D eigenvalue weighted by atomic mass is 79.9. The Morgan fingerprint density at radius 1 is 1.30 bits per heavy atom. The second-order valence-electron chi connectivity index (χ2n) is 7.83. The van der Waals surface area contributed by atoms with Crippen LogP contribution in [0.3, 0.4) is 0 Å². The summed E-state index contributed by atoms with van der Waals surface area (Å²) in [5.41, 5.74) is 5.58. The van der Waals surface area contributed by atoms with Gasteiger partial charge in [-0.15, -0.1) is 0 Å². The first-order valence-electron chi connectivity index (χ1n) is 9.25. The monoisotopic (exact) mass is 430 g/mol. The minimum Gasteiger partial charge on any atom is -0.496 e. The minimum absolute atomic E-state index is 0.107. The number of rotatable bonds is 4. The van der Waals surface area contributed by atoms with Crippen molar-refractivity contribution in [3.63, 3.8) is 0 Å². The van der Waals surface area contributed by atoms with E-state index in [1.54, 1.807) is 25.3 Å². The van der Waals surface area contributed by atoms with Crippen molar-refractivity contribution in [1.29, 1.82) is 0 Å². The van der Waals surface area contributed by atoms with Crippen molar-refractivity contribution in [1.82, 2.24) is 4.90 Å². The fourth-order valence-electron chi connectivity index (χ4n) is 4.12. The molecule has 2 aromatic carbocycles. The minimum atomic E-state index is -0.114. The number of hydrogen-bond donors (Lipinski definition) is 1. The molecule has 0 atom stereocenters. The van der Waals surface area contributed by atoms with E-state index < -0.39 is 0 Å². The average Bonchev–Trinajstić information content (AvgIpc) is 2.60. The molecule has 0 spiro atoms. The number of carbonyl (C=O) groups excluding carboxylic acids is 1. The van der Waals surface area contributed by atoms with E-state index in [4.69, 9.17) is 4.74 Å². The number of fused-ring (bicyclic) bond motifs is 1. The van der Waals surface area contributed by atoms with Gasteiger partial charge in [0.25, 0.3) is 5.91 Å². The van der Waals surface area contributed by atoms with Crippen LogP contribution in [-0.2, 0) is 18.4 Å². The van der Waals surface area contributed by atoms with Crippen molar-refractivity contribution in [2.45, 2.75) is 39.2 Å². The molecule has 1 aliphatic heterocycles. The molecule has 0 bridgehead atoms. The lowest BCUT2D eigenvalue weighted by molar-refractivity contribution is 0.102. The molecule has 0 radical (unpaired) electrons. The standard InChI is InChI=1S/C22H27BrN2O2/c1-6-15-16-12-25(4)13-22(2,3)17(16)8-9-19(15)24-21(26)14-7-10-20(27-5)18(23)11-14/h7-11H,6,12-13H2,1-5H3,(H,24,26). The summed E-state index contributed by atoms with van der Waals surface area (Å²) in [5.74, 6) is 0.594. The Labute approximate surface area is 170 Å². The van der Waals surface area contributed by atoms with Crippen molar-refractivity contribution >= 4 is 27.5 Å². The lowest BCUT2D eigenvalue weighted by atomic mass is 9.76. The molecule has 1 N–H and O–H groups in total. The van der Waals surface area contributed by atoms with Crippen LogP contribution in [0.15, 0.2) is 34.8 Å². The topological polar surface area (TPSA) is 41.6 Å². The highest BCUT2D eigenvalue weighted by Gasteiger charge is 2.32. The molecular weight excluding hydrogens is 404 g/mol. The number of nitrogens with zero attached hydrogens (tertiary/aromatic N) is 1. The van der Waals surface area contributed by atoms with Crippen molar-refractivity contribution in [2.24, 2.45) is 0 Å². The summed E-state index contributed by atoms with van der Waals surface area (Å²) in [4.78, 5) is 15.2. The summed E-state index contributed by atoms with van der Waals surface area (Å²) in [6, 6.07) is 9.60. The van der Waals surface area contributed by atoms with Crippen LogP contribution in [0.4, 0.5) is 5.69 Å². The van der Waals surface area contributed by atoms with E-state index in [0.717, 1.165) is 29.7 Å². The molecule has 0 aromatic heterocycles. The Balaban J connectivity index is 1.95. The molecule has 5 heteroatoms. The van der Waals surface area contributed by atoms with E-state index in [1.165, 1.54) is 16.7 Å². The number of anilines is 1. The van der Waals surface area contributed by atoms with Gasteiger partial charge in [-0.1, -0.05) is 26.8 Å². The van der Waals surface area contributed by atoms with Crippen LogP contribution >= 0.6 is 15.9 Å². The SMILES string of the molecule is CCc1c(NC(=O)c2ccc(OC)c(Br)c2)ccc2c1CN(C)CC2(C)C. The predicted molar refractivity (Wildman–Crippen MR) is 114 cm³/mol. The number of likely N-dealkylation sites (N-methyl/N-ethyl adjacent to an activating group) is 1. The lowest BCUT2D eigenvalue weighted by Gasteiger charge is -2.39. The zero-order valence-corrected chi connectivity index (χ0v) is 18.2. The number of methoxy groups -OCH3 is 1. The van der Waals surface area contributed by atoms with Crippen molar-refractivity contribution < 1.29 is 9.53 Å². The van der Waals surface area contributed by atoms with Crippen LogP contribution in [0.5, 0.6) is 5.75 Å². The maximum absolute atomic E-state index is 12.8. The van der Waals surface area contributed by atoms with Crippen molar-refractivity contribution in [2.75, 3.05) is 26.0 Å². The first-order valence-corrected chi connectivity index (χ1v) is 10.0. The summed E-state index contributed by atoms with van der Waals surface area (Å²) < 4.78 is 6.01. The molecule has 0 saturated carbocycles. The largest absolute Gasteiger partial charge is 0.496 e. The molecule has 1 amide bonds. The van der Waals surface area contributed by atoms with Gasteiger partial charge in [0, 0.05) is 29.8 Å². The molecule has 27 heavy (non-hydrogen) atoms.